The number of carbonyl (C=O) groups is 1. The Labute approximate surface area is 145 Å². The molecule has 0 bridgehead atoms. The SMILES string of the molecule is O=C(NCc1ccc(OC(F)(F)F)cc1)c1cc2cc(Cl)ccc2o1. The van der Waals surface area contributed by atoms with Crippen LogP contribution in [0.2, 0.25) is 5.02 Å². The normalized spacial score (nSPS) is 11.5. The van der Waals surface area contributed by atoms with E-state index in [9.17, 15) is 18.0 Å². The van der Waals surface area contributed by atoms with E-state index in [4.69, 9.17) is 16.0 Å². The summed E-state index contributed by atoms with van der Waals surface area (Å²) < 4.78 is 45.5. The maximum absolute atomic E-state index is 12.1. The van der Waals surface area contributed by atoms with Crippen LogP contribution in [0.5, 0.6) is 5.75 Å². The van der Waals surface area contributed by atoms with Crippen LogP contribution in [0.25, 0.3) is 11.0 Å². The molecule has 3 aromatic rings. The van der Waals surface area contributed by atoms with Crippen LogP contribution in [-0.2, 0) is 6.54 Å². The Hall–Kier alpha value is -2.67. The number of halogens is 4. The lowest BCUT2D eigenvalue weighted by Gasteiger charge is -2.09. The predicted octanol–water partition coefficient (Wildman–Crippen LogP) is 4.91. The van der Waals surface area contributed by atoms with Gasteiger partial charge in [-0.3, -0.25) is 4.79 Å². The summed E-state index contributed by atoms with van der Waals surface area (Å²) >= 11 is 5.88. The third-order valence-corrected chi connectivity index (χ3v) is 3.55. The minimum absolute atomic E-state index is 0.120. The molecule has 25 heavy (non-hydrogen) atoms. The molecule has 8 heteroatoms. The van der Waals surface area contributed by atoms with Gasteiger partial charge in [-0.05, 0) is 42.0 Å². The maximum atomic E-state index is 12.1. The molecule has 0 saturated carbocycles. The molecule has 0 fully saturated rings. The summed E-state index contributed by atoms with van der Waals surface area (Å²) in [5, 5.41) is 3.86. The predicted molar refractivity (Wildman–Crippen MR) is 85.5 cm³/mol. The molecule has 0 aliphatic rings. The molecule has 0 spiro atoms. The van der Waals surface area contributed by atoms with Crippen molar-refractivity contribution in [2.75, 3.05) is 0 Å². The Morgan fingerprint density at radius 1 is 1.12 bits per heavy atom. The summed E-state index contributed by atoms with van der Waals surface area (Å²) in [4.78, 5) is 12.1. The topological polar surface area (TPSA) is 51.5 Å². The highest BCUT2D eigenvalue weighted by molar-refractivity contribution is 6.31. The molecule has 130 valence electrons. The lowest BCUT2D eigenvalue weighted by molar-refractivity contribution is -0.274. The van der Waals surface area contributed by atoms with Crippen LogP contribution in [0.3, 0.4) is 0 Å². The van der Waals surface area contributed by atoms with E-state index in [0.29, 0.717) is 21.6 Å². The fraction of sp³-hybridized carbons (Fsp3) is 0.118. The molecule has 2 aromatic carbocycles. The van der Waals surface area contributed by atoms with Gasteiger partial charge in [-0.1, -0.05) is 23.7 Å². The highest BCUT2D eigenvalue weighted by Crippen LogP contribution is 2.24. The second-order valence-corrected chi connectivity index (χ2v) is 5.60. The van der Waals surface area contributed by atoms with Crippen LogP contribution in [0.4, 0.5) is 13.2 Å². The summed E-state index contributed by atoms with van der Waals surface area (Å²) in [7, 11) is 0. The van der Waals surface area contributed by atoms with Gasteiger partial charge in [-0.25, -0.2) is 0 Å². The van der Waals surface area contributed by atoms with Gasteiger partial charge in [0.1, 0.15) is 11.3 Å². The number of nitrogens with one attached hydrogen (secondary N) is 1. The number of hydrogen-bond donors (Lipinski definition) is 1. The third kappa shape index (κ3) is 4.45. The zero-order chi connectivity index (χ0) is 18.0. The lowest BCUT2D eigenvalue weighted by Crippen LogP contribution is -2.22. The Balaban J connectivity index is 1.63. The molecule has 0 unspecified atom stereocenters. The Bertz CT molecular complexity index is 904. The van der Waals surface area contributed by atoms with Crippen molar-refractivity contribution in [1.82, 2.24) is 5.32 Å². The van der Waals surface area contributed by atoms with Crippen LogP contribution in [0, 0.1) is 0 Å². The molecule has 0 saturated heterocycles. The molecule has 0 aliphatic carbocycles. The molecule has 1 heterocycles. The van der Waals surface area contributed by atoms with E-state index in [1.165, 1.54) is 24.3 Å². The van der Waals surface area contributed by atoms with Crippen LogP contribution in [0.15, 0.2) is 52.9 Å². The molecule has 0 radical (unpaired) electrons. The van der Waals surface area contributed by atoms with Gasteiger partial charge < -0.3 is 14.5 Å². The highest BCUT2D eigenvalue weighted by atomic mass is 35.5. The minimum Gasteiger partial charge on any atom is -0.451 e. The first-order valence-electron chi connectivity index (χ1n) is 7.12. The van der Waals surface area contributed by atoms with Gasteiger partial charge in [-0.2, -0.15) is 0 Å². The molecule has 1 amide bonds. The third-order valence-electron chi connectivity index (χ3n) is 3.31. The van der Waals surface area contributed by atoms with E-state index in [2.05, 4.69) is 10.1 Å². The van der Waals surface area contributed by atoms with Crippen molar-refractivity contribution in [3.05, 3.63) is 64.9 Å². The first-order chi connectivity index (χ1) is 11.8. The highest BCUT2D eigenvalue weighted by Gasteiger charge is 2.30. The number of benzene rings is 2. The number of amides is 1. The van der Waals surface area contributed by atoms with E-state index in [1.54, 1.807) is 24.3 Å². The van der Waals surface area contributed by atoms with Crippen molar-refractivity contribution < 1.29 is 27.1 Å². The Morgan fingerprint density at radius 3 is 2.52 bits per heavy atom. The first kappa shape index (κ1) is 17.2. The van der Waals surface area contributed by atoms with E-state index in [0.717, 1.165) is 0 Å². The van der Waals surface area contributed by atoms with Gasteiger partial charge >= 0.3 is 6.36 Å². The van der Waals surface area contributed by atoms with Gasteiger partial charge in [0.05, 0.1) is 0 Å². The van der Waals surface area contributed by atoms with Crippen molar-refractivity contribution in [3.8, 4) is 5.75 Å². The van der Waals surface area contributed by atoms with Crippen molar-refractivity contribution in [3.63, 3.8) is 0 Å². The van der Waals surface area contributed by atoms with Crippen molar-refractivity contribution in [2.24, 2.45) is 0 Å². The van der Waals surface area contributed by atoms with E-state index in [1.807, 2.05) is 0 Å². The van der Waals surface area contributed by atoms with E-state index in [-0.39, 0.29) is 18.1 Å². The van der Waals surface area contributed by atoms with Crippen LogP contribution in [0.1, 0.15) is 16.1 Å². The second-order valence-electron chi connectivity index (χ2n) is 5.17. The fourth-order valence-corrected chi connectivity index (χ4v) is 2.39. The number of furan rings is 1. The van der Waals surface area contributed by atoms with E-state index >= 15 is 0 Å². The second kappa shape index (κ2) is 6.68. The van der Waals surface area contributed by atoms with Gasteiger partial charge in [0.25, 0.3) is 5.91 Å². The molecular weight excluding hydrogens is 359 g/mol. The Kier molecular flexibility index (Phi) is 4.59. The van der Waals surface area contributed by atoms with Gasteiger partial charge in [0.2, 0.25) is 0 Å². The molecule has 0 aliphatic heterocycles. The summed E-state index contributed by atoms with van der Waals surface area (Å²) in [5.41, 5.74) is 1.14. The number of rotatable bonds is 4. The molecule has 3 rings (SSSR count). The molecule has 0 atom stereocenters. The quantitative estimate of drug-likeness (QED) is 0.710. The first-order valence-corrected chi connectivity index (χ1v) is 7.50. The molecule has 4 nitrogen and oxygen atoms in total. The van der Waals surface area contributed by atoms with Crippen molar-refractivity contribution in [2.45, 2.75) is 12.9 Å². The lowest BCUT2D eigenvalue weighted by atomic mass is 10.2. The van der Waals surface area contributed by atoms with Gasteiger partial charge in [-0.15, -0.1) is 13.2 Å². The number of ether oxygens (including phenoxy) is 1. The number of hydrogen-bond acceptors (Lipinski definition) is 3. The zero-order valence-corrected chi connectivity index (χ0v) is 13.3. The largest absolute Gasteiger partial charge is 0.573 e. The van der Waals surface area contributed by atoms with Gasteiger partial charge in [0.15, 0.2) is 5.76 Å². The van der Waals surface area contributed by atoms with Gasteiger partial charge in [0, 0.05) is 17.0 Å². The minimum atomic E-state index is -4.74. The summed E-state index contributed by atoms with van der Waals surface area (Å²) in [6.07, 6.45) is -4.74. The number of fused-ring (bicyclic) bond motifs is 1. The van der Waals surface area contributed by atoms with Crippen molar-refractivity contribution in [1.29, 1.82) is 0 Å². The Morgan fingerprint density at radius 2 is 1.84 bits per heavy atom. The smallest absolute Gasteiger partial charge is 0.451 e. The average Bonchev–Trinajstić information content (AvgIpc) is 2.95. The number of alkyl halides is 3. The summed E-state index contributed by atoms with van der Waals surface area (Å²) in [5.74, 6) is -0.644. The standard InChI is InChI=1S/C17H11ClF3NO3/c18-12-3-6-14-11(7-12)8-15(24-14)16(23)22-9-10-1-4-13(5-2-10)25-17(19,20)21/h1-8H,9H2,(H,22,23). The molecule has 1 aromatic heterocycles. The fourth-order valence-electron chi connectivity index (χ4n) is 2.20. The van der Waals surface area contributed by atoms with Crippen molar-refractivity contribution >= 4 is 28.5 Å². The zero-order valence-electron chi connectivity index (χ0n) is 12.6. The van der Waals surface area contributed by atoms with Crippen LogP contribution >= 0.6 is 11.6 Å². The summed E-state index contributed by atoms with van der Waals surface area (Å²) in [6, 6.07) is 11.8. The molecular formula is C17H11ClF3NO3. The maximum Gasteiger partial charge on any atom is 0.573 e. The monoisotopic (exact) mass is 369 g/mol. The van der Waals surface area contributed by atoms with Crippen LogP contribution in [-0.4, -0.2) is 12.3 Å². The van der Waals surface area contributed by atoms with E-state index < -0.39 is 12.3 Å². The number of carbonyl (C=O) groups excluding carboxylic acids is 1. The molecule has 1 N–H and O–H groups in total. The van der Waals surface area contributed by atoms with Crippen LogP contribution < -0.4 is 10.1 Å². The summed E-state index contributed by atoms with van der Waals surface area (Å²) in [6.45, 7) is 0.128. The average molecular weight is 370 g/mol.